The average molecular weight is 219 g/mol. The van der Waals surface area contributed by atoms with E-state index in [4.69, 9.17) is 0 Å². The molecule has 2 N–H and O–H groups in total. The van der Waals surface area contributed by atoms with Crippen LogP contribution in [0.5, 0.6) is 0 Å². The summed E-state index contributed by atoms with van der Waals surface area (Å²) in [6, 6.07) is 2.76. The van der Waals surface area contributed by atoms with E-state index in [0.717, 1.165) is 18.4 Å². The SMILES string of the molecule is CC1(C)[C@H]2CCC(NCc3ccn[nH]3)[C@@H]1C2. The third kappa shape index (κ3) is 1.49. The van der Waals surface area contributed by atoms with Crippen LogP contribution in [0.2, 0.25) is 0 Å². The van der Waals surface area contributed by atoms with Crippen molar-refractivity contribution in [2.75, 3.05) is 0 Å². The zero-order valence-electron chi connectivity index (χ0n) is 10.2. The summed E-state index contributed by atoms with van der Waals surface area (Å²) in [6.07, 6.45) is 6.02. The predicted molar refractivity (Wildman–Crippen MR) is 63.8 cm³/mol. The summed E-state index contributed by atoms with van der Waals surface area (Å²) < 4.78 is 0. The second kappa shape index (κ2) is 3.59. The standard InChI is InChI=1S/C13H21N3/c1-13(2)9-3-4-12(11(13)7-9)14-8-10-5-6-15-16-10/h5-6,9,11-12,14H,3-4,7-8H2,1-2H3,(H,15,16)/t9-,11-,12?/m0/s1. The summed E-state index contributed by atoms with van der Waals surface area (Å²) in [5.41, 5.74) is 1.77. The van der Waals surface area contributed by atoms with Gasteiger partial charge in [0.15, 0.2) is 0 Å². The summed E-state index contributed by atoms with van der Waals surface area (Å²) in [5.74, 6) is 1.87. The minimum atomic E-state index is 0.573. The zero-order valence-corrected chi connectivity index (χ0v) is 10.2. The van der Waals surface area contributed by atoms with Gasteiger partial charge < -0.3 is 5.32 Å². The Kier molecular flexibility index (Phi) is 2.32. The van der Waals surface area contributed by atoms with Crippen LogP contribution in [0.4, 0.5) is 0 Å². The molecule has 3 aliphatic carbocycles. The van der Waals surface area contributed by atoms with Crippen molar-refractivity contribution in [1.29, 1.82) is 0 Å². The van der Waals surface area contributed by atoms with Gasteiger partial charge in [-0.2, -0.15) is 5.10 Å². The highest BCUT2D eigenvalue weighted by molar-refractivity contribution is 5.06. The topological polar surface area (TPSA) is 40.7 Å². The lowest BCUT2D eigenvalue weighted by atomic mass is 9.47. The van der Waals surface area contributed by atoms with Crippen LogP contribution in [-0.2, 0) is 6.54 Å². The van der Waals surface area contributed by atoms with E-state index in [1.807, 2.05) is 12.3 Å². The van der Waals surface area contributed by atoms with E-state index in [1.54, 1.807) is 0 Å². The second-order valence-corrected chi connectivity index (χ2v) is 6.01. The molecule has 3 atom stereocenters. The van der Waals surface area contributed by atoms with Gasteiger partial charge in [-0.05, 0) is 42.6 Å². The first kappa shape index (κ1) is 10.3. The predicted octanol–water partition coefficient (Wildman–Crippen LogP) is 2.32. The van der Waals surface area contributed by atoms with Crippen LogP contribution in [-0.4, -0.2) is 16.2 Å². The highest BCUT2D eigenvalue weighted by atomic mass is 15.1. The molecule has 3 fully saturated rings. The number of nitrogens with zero attached hydrogens (tertiary/aromatic N) is 1. The Labute approximate surface area is 97.0 Å². The fraction of sp³-hybridized carbons (Fsp3) is 0.769. The van der Waals surface area contributed by atoms with E-state index in [0.29, 0.717) is 11.5 Å². The lowest BCUT2D eigenvalue weighted by Gasteiger charge is -2.60. The lowest BCUT2D eigenvalue weighted by Crippen LogP contribution is -2.58. The second-order valence-electron chi connectivity index (χ2n) is 6.01. The van der Waals surface area contributed by atoms with Gasteiger partial charge >= 0.3 is 0 Å². The minimum Gasteiger partial charge on any atom is -0.308 e. The first-order chi connectivity index (χ1) is 7.68. The third-order valence-electron chi connectivity index (χ3n) is 4.97. The van der Waals surface area contributed by atoms with Gasteiger partial charge in [-0.25, -0.2) is 0 Å². The molecule has 1 aromatic heterocycles. The molecule has 3 heteroatoms. The summed E-state index contributed by atoms with van der Waals surface area (Å²) in [7, 11) is 0. The Balaban J connectivity index is 1.59. The van der Waals surface area contributed by atoms with Crippen molar-refractivity contribution in [3.05, 3.63) is 18.0 Å². The van der Waals surface area contributed by atoms with E-state index in [-0.39, 0.29) is 0 Å². The highest BCUT2D eigenvalue weighted by Crippen LogP contribution is 2.59. The van der Waals surface area contributed by atoms with Crippen LogP contribution >= 0.6 is 0 Å². The Bertz CT molecular complexity index is 353. The molecule has 3 aliphatic rings. The molecule has 0 radical (unpaired) electrons. The molecular formula is C13H21N3. The molecule has 16 heavy (non-hydrogen) atoms. The van der Waals surface area contributed by atoms with Gasteiger partial charge in [0.2, 0.25) is 0 Å². The third-order valence-corrected chi connectivity index (χ3v) is 4.97. The highest BCUT2D eigenvalue weighted by Gasteiger charge is 2.53. The maximum Gasteiger partial charge on any atom is 0.0490 e. The minimum absolute atomic E-state index is 0.573. The van der Waals surface area contributed by atoms with Crippen molar-refractivity contribution in [1.82, 2.24) is 15.5 Å². The normalized spacial score (nSPS) is 35.8. The van der Waals surface area contributed by atoms with Gasteiger partial charge in [0.1, 0.15) is 0 Å². The van der Waals surface area contributed by atoms with Crippen molar-refractivity contribution < 1.29 is 0 Å². The Morgan fingerprint density at radius 3 is 3.00 bits per heavy atom. The van der Waals surface area contributed by atoms with Crippen molar-refractivity contribution >= 4 is 0 Å². The van der Waals surface area contributed by atoms with Gasteiger partial charge in [-0.1, -0.05) is 13.8 Å². The monoisotopic (exact) mass is 219 g/mol. The smallest absolute Gasteiger partial charge is 0.0490 e. The summed E-state index contributed by atoms with van der Waals surface area (Å²) >= 11 is 0. The van der Waals surface area contributed by atoms with Crippen LogP contribution in [0.25, 0.3) is 0 Å². The first-order valence-electron chi connectivity index (χ1n) is 6.39. The number of nitrogens with one attached hydrogen (secondary N) is 2. The average Bonchev–Trinajstić information content (AvgIpc) is 2.79. The van der Waals surface area contributed by atoms with E-state index in [2.05, 4.69) is 29.4 Å². The van der Waals surface area contributed by atoms with Crippen molar-refractivity contribution in [3.63, 3.8) is 0 Å². The molecule has 2 bridgehead atoms. The molecule has 1 heterocycles. The van der Waals surface area contributed by atoms with Gasteiger partial charge in [-0.15, -0.1) is 0 Å². The Morgan fingerprint density at radius 1 is 1.50 bits per heavy atom. The Hall–Kier alpha value is -0.830. The maximum atomic E-state index is 3.98. The van der Waals surface area contributed by atoms with E-state index in [9.17, 15) is 0 Å². The fourth-order valence-corrected chi connectivity index (χ4v) is 3.68. The number of aromatic nitrogens is 2. The zero-order chi connectivity index (χ0) is 11.2. The van der Waals surface area contributed by atoms with Crippen LogP contribution in [0.1, 0.15) is 38.8 Å². The first-order valence-corrected chi connectivity index (χ1v) is 6.39. The number of fused-ring (bicyclic) bond motifs is 2. The molecule has 3 nitrogen and oxygen atoms in total. The summed E-state index contributed by atoms with van der Waals surface area (Å²) in [5, 5.41) is 10.7. The fourth-order valence-electron chi connectivity index (χ4n) is 3.68. The molecule has 1 unspecified atom stereocenters. The Morgan fingerprint density at radius 2 is 2.38 bits per heavy atom. The van der Waals surface area contributed by atoms with Crippen molar-refractivity contribution in [2.45, 2.75) is 45.7 Å². The van der Waals surface area contributed by atoms with Crippen LogP contribution < -0.4 is 5.32 Å². The van der Waals surface area contributed by atoms with E-state index >= 15 is 0 Å². The quantitative estimate of drug-likeness (QED) is 0.819. The molecule has 0 aromatic carbocycles. The molecule has 1 aromatic rings. The summed E-state index contributed by atoms with van der Waals surface area (Å²) in [6.45, 7) is 5.81. The number of H-pyrrole nitrogens is 1. The van der Waals surface area contributed by atoms with Gasteiger partial charge in [0.25, 0.3) is 0 Å². The van der Waals surface area contributed by atoms with E-state index < -0.39 is 0 Å². The molecule has 0 amide bonds. The molecule has 3 saturated carbocycles. The number of hydrogen-bond donors (Lipinski definition) is 2. The van der Waals surface area contributed by atoms with Crippen LogP contribution in [0.15, 0.2) is 12.3 Å². The number of aromatic amines is 1. The number of rotatable bonds is 3. The van der Waals surface area contributed by atoms with Gasteiger partial charge in [-0.3, -0.25) is 5.10 Å². The van der Waals surface area contributed by atoms with Gasteiger partial charge in [0.05, 0.1) is 0 Å². The lowest BCUT2D eigenvalue weighted by molar-refractivity contribution is -0.0872. The largest absolute Gasteiger partial charge is 0.308 e. The molecule has 88 valence electrons. The molecule has 0 aliphatic heterocycles. The summed E-state index contributed by atoms with van der Waals surface area (Å²) in [4.78, 5) is 0. The van der Waals surface area contributed by atoms with Crippen LogP contribution in [0.3, 0.4) is 0 Å². The van der Waals surface area contributed by atoms with Gasteiger partial charge in [0, 0.05) is 24.5 Å². The van der Waals surface area contributed by atoms with Crippen molar-refractivity contribution in [2.24, 2.45) is 17.3 Å². The molecule has 0 saturated heterocycles. The van der Waals surface area contributed by atoms with E-state index in [1.165, 1.54) is 25.0 Å². The molecular weight excluding hydrogens is 198 g/mol. The maximum absolute atomic E-state index is 3.98. The van der Waals surface area contributed by atoms with Crippen LogP contribution in [0, 0.1) is 17.3 Å². The molecule has 4 rings (SSSR count). The number of hydrogen-bond acceptors (Lipinski definition) is 2. The molecule has 0 spiro atoms. The van der Waals surface area contributed by atoms with Crippen molar-refractivity contribution in [3.8, 4) is 0 Å².